The third-order valence-corrected chi connectivity index (χ3v) is 15.4. The number of aryl methyl sites for hydroxylation is 2. The van der Waals surface area contributed by atoms with Gasteiger partial charge in [0.25, 0.3) is 0 Å². The molecule has 1 aromatic rings. The van der Waals surface area contributed by atoms with Crippen LogP contribution in [0.15, 0.2) is 29.8 Å². The highest BCUT2D eigenvalue weighted by atomic mass is 16.3. The smallest absolute Gasteiger partial charge is 0.0579 e. The lowest BCUT2D eigenvalue weighted by atomic mass is 9.34. The van der Waals surface area contributed by atoms with Crippen LogP contribution in [0, 0.1) is 70.5 Å². The van der Waals surface area contributed by atoms with E-state index >= 15 is 0 Å². The molecule has 0 saturated heterocycles. The minimum Gasteiger partial charge on any atom is -0.393 e. The van der Waals surface area contributed by atoms with Crippen LogP contribution in [0.1, 0.15) is 137 Å². The van der Waals surface area contributed by atoms with E-state index in [9.17, 15) is 10.2 Å². The fourth-order valence-electron chi connectivity index (χ4n) is 13.2. The third kappa shape index (κ3) is 5.03. The molecule has 4 aliphatic rings. The third-order valence-electron chi connectivity index (χ3n) is 15.4. The van der Waals surface area contributed by atoms with Crippen LogP contribution < -0.4 is 0 Å². The van der Waals surface area contributed by atoms with Gasteiger partial charge in [0.2, 0.25) is 0 Å². The minimum atomic E-state index is -0.268. The van der Waals surface area contributed by atoms with Crippen LogP contribution in [0.5, 0.6) is 0 Å². The Morgan fingerprint density at radius 2 is 1.56 bits per heavy atom. The van der Waals surface area contributed by atoms with Gasteiger partial charge in [-0.25, -0.2) is 0 Å². The lowest BCUT2D eigenvalue weighted by molar-refractivity contribution is -0.253. The number of aliphatic hydroxyl groups is 2. The van der Waals surface area contributed by atoms with Crippen LogP contribution >= 0.6 is 0 Å². The van der Waals surface area contributed by atoms with Crippen LogP contribution in [0.2, 0.25) is 0 Å². The Morgan fingerprint density at radius 3 is 2.16 bits per heavy atom. The van der Waals surface area contributed by atoms with E-state index in [-0.39, 0.29) is 39.3 Å². The van der Waals surface area contributed by atoms with Crippen LogP contribution in [0.3, 0.4) is 0 Å². The van der Waals surface area contributed by atoms with Gasteiger partial charge in [0.15, 0.2) is 0 Å². The van der Waals surface area contributed by atoms with Crippen molar-refractivity contribution < 1.29 is 10.2 Å². The zero-order valence-electron chi connectivity index (χ0n) is 29.8. The monoisotopic (exact) mass is 591 g/mol. The molecule has 2 nitrogen and oxygen atoms in total. The Hall–Kier alpha value is -1.12. The number of benzene rings is 1. The Balaban J connectivity index is 1.53. The summed E-state index contributed by atoms with van der Waals surface area (Å²) in [6.07, 6.45) is 13.2. The highest BCUT2D eigenvalue weighted by Gasteiger charge is 2.71. The average molecular weight is 591 g/mol. The van der Waals surface area contributed by atoms with E-state index in [1.165, 1.54) is 54.4 Å². The molecule has 11 atom stereocenters. The highest BCUT2D eigenvalue weighted by Crippen LogP contribution is 2.76. The Morgan fingerprint density at radius 1 is 0.930 bits per heavy atom. The second-order valence-electron chi connectivity index (χ2n) is 18.1. The van der Waals surface area contributed by atoms with Crippen molar-refractivity contribution in [3.63, 3.8) is 0 Å². The maximum Gasteiger partial charge on any atom is 0.0579 e. The molecule has 0 radical (unpaired) electrons. The zero-order chi connectivity index (χ0) is 31.8. The van der Waals surface area contributed by atoms with E-state index in [0.717, 1.165) is 32.1 Å². The molecule has 0 bridgehead atoms. The van der Waals surface area contributed by atoms with Crippen LogP contribution in [0.4, 0.5) is 0 Å². The standard InChI is InChI=1S/C41H66O2/c1-12-30-33(43)25-39(9)34(37(30,6)7)19-22-40(10)35(39)23-32(42)36-31(18-21-41(36,40)11)38(8,20-14-15-26(2)3)24-29-27(4)16-13-17-28(29)5/h13,15-17,30-36,42-43H,12,14,18-25H2,1-11H3/t30?,31?,32?,33-,34?,35?,36?,38-,39?,40?,41-/m1/s1. The maximum atomic E-state index is 12.4. The molecule has 4 saturated carbocycles. The predicted molar refractivity (Wildman–Crippen MR) is 182 cm³/mol. The van der Waals surface area contributed by atoms with Crippen molar-refractivity contribution in [1.82, 2.24) is 0 Å². The summed E-state index contributed by atoms with van der Waals surface area (Å²) >= 11 is 0. The van der Waals surface area contributed by atoms with Gasteiger partial charge in [-0.1, -0.05) is 84.7 Å². The van der Waals surface area contributed by atoms with E-state index in [1.54, 1.807) is 0 Å². The van der Waals surface area contributed by atoms with E-state index < -0.39 is 0 Å². The van der Waals surface area contributed by atoms with Crippen molar-refractivity contribution in [1.29, 1.82) is 0 Å². The fraction of sp³-hybridized carbons (Fsp3) is 0.805. The summed E-state index contributed by atoms with van der Waals surface area (Å²) in [4.78, 5) is 0. The van der Waals surface area contributed by atoms with Crippen molar-refractivity contribution in [2.24, 2.45) is 56.7 Å². The second kappa shape index (κ2) is 11.3. The summed E-state index contributed by atoms with van der Waals surface area (Å²) in [6.45, 7) is 26.6. The van der Waals surface area contributed by atoms with Gasteiger partial charge in [-0.3, -0.25) is 0 Å². The average Bonchev–Trinajstić information content (AvgIpc) is 3.28. The molecule has 43 heavy (non-hydrogen) atoms. The summed E-state index contributed by atoms with van der Waals surface area (Å²) in [5.74, 6) is 2.28. The molecular formula is C41H66O2. The van der Waals surface area contributed by atoms with Crippen LogP contribution in [-0.4, -0.2) is 22.4 Å². The summed E-state index contributed by atoms with van der Waals surface area (Å²) < 4.78 is 0. The van der Waals surface area contributed by atoms with E-state index in [4.69, 9.17) is 0 Å². The summed E-state index contributed by atoms with van der Waals surface area (Å²) in [5, 5.41) is 24.0. The van der Waals surface area contributed by atoms with Gasteiger partial charge in [-0.05, 0) is 159 Å². The molecule has 242 valence electrons. The normalized spacial score (nSPS) is 43.2. The van der Waals surface area contributed by atoms with Crippen molar-refractivity contribution in [3.05, 3.63) is 46.5 Å². The number of allylic oxidation sites excluding steroid dienone is 2. The van der Waals surface area contributed by atoms with Crippen molar-refractivity contribution in [2.45, 2.75) is 153 Å². The van der Waals surface area contributed by atoms with E-state index in [0.29, 0.717) is 29.6 Å². The summed E-state index contributed by atoms with van der Waals surface area (Å²) in [5.41, 5.74) is 6.40. The number of hydrogen-bond acceptors (Lipinski definition) is 2. The molecule has 4 fully saturated rings. The molecule has 2 N–H and O–H groups in total. The topological polar surface area (TPSA) is 40.5 Å². The van der Waals surface area contributed by atoms with Gasteiger partial charge >= 0.3 is 0 Å². The fourth-order valence-corrected chi connectivity index (χ4v) is 13.2. The number of rotatable bonds is 7. The molecule has 0 amide bonds. The lowest BCUT2D eigenvalue weighted by Crippen LogP contribution is -2.67. The van der Waals surface area contributed by atoms with Crippen LogP contribution in [0.25, 0.3) is 0 Å². The molecule has 0 aliphatic heterocycles. The first-order valence-electron chi connectivity index (χ1n) is 18.0. The van der Waals surface area contributed by atoms with Gasteiger partial charge < -0.3 is 10.2 Å². The van der Waals surface area contributed by atoms with Crippen LogP contribution in [-0.2, 0) is 6.42 Å². The Kier molecular flexibility index (Phi) is 8.73. The van der Waals surface area contributed by atoms with Gasteiger partial charge in [0.05, 0.1) is 12.2 Å². The molecule has 5 rings (SSSR count). The number of aliphatic hydroxyl groups excluding tert-OH is 2. The first-order chi connectivity index (χ1) is 20.0. The van der Waals surface area contributed by atoms with Crippen molar-refractivity contribution in [3.8, 4) is 0 Å². The SMILES string of the molecule is CCC1[C@H](O)CC2(C)C(CCC3(C)C2CC(O)C2C([C@](C)(CCC=C(C)C)Cc4c(C)cccc4C)CC[C@]23C)C1(C)C. The van der Waals surface area contributed by atoms with Crippen molar-refractivity contribution >= 4 is 0 Å². The Bertz CT molecular complexity index is 1190. The van der Waals surface area contributed by atoms with Gasteiger partial charge in [0.1, 0.15) is 0 Å². The first-order valence-corrected chi connectivity index (χ1v) is 18.0. The molecule has 1 aromatic carbocycles. The quantitative estimate of drug-likeness (QED) is 0.310. The molecule has 8 unspecified atom stereocenters. The van der Waals surface area contributed by atoms with Crippen molar-refractivity contribution in [2.75, 3.05) is 0 Å². The largest absolute Gasteiger partial charge is 0.393 e. The Labute approximate surface area is 265 Å². The summed E-state index contributed by atoms with van der Waals surface area (Å²) in [7, 11) is 0. The summed E-state index contributed by atoms with van der Waals surface area (Å²) in [6, 6.07) is 6.79. The first kappa shape index (κ1) is 33.2. The van der Waals surface area contributed by atoms with Gasteiger partial charge in [-0.2, -0.15) is 0 Å². The van der Waals surface area contributed by atoms with E-state index in [1.807, 2.05) is 0 Å². The maximum absolute atomic E-state index is 12.4. The van der Waals surface area contributed by atoms with Gasteiger partial charge in [0, 0.05) is 0 Å². The number of fused-ring (bicyclic) bond motifs is 5. The molecule has 0 aromatic heterocycles. The van der Waals surface area contributed by atoms with E-state index in [2.05, 4.69) is 100 Å². The molecule has 2 heteroatoms. The second-order valence-corrected chi connectivity index (χ2v) is 18.1. The molecule has 0 heterocycles. The number of hydrogen-bond donors (Lipinski definition) is 2. The predicted octanol–water partition coefficient (Wildman–Crippen LogP) is 10.3. The molecule has 4 aliphatic carbocycles. The lowest BCUT2D eigenvalue weighted by Gasteiger charge is -2.71. The highest BCUT2D eigenvalue weighted by molar-refractivity contribution is 5.35. The minimum absolute atomic E-state index is 0.0691. The molecular weight excluding hydrogens is 524 g/mol. The van der Waals surface area contributed by atoms with Gasteiger partial charge in [-0.15, -0.1) is 0 Å². The zero-order valence-corrected chi connectivity index (χ0v) is 29.8. The molecule has 0 spiro atoms.